The summed E-state index contributed by atoms with van der Waals surface area (Å²) in [5.74, 6) is -2.32. The van der Waals surface area contributed by atoms with Crippen LogP contribution in [-0.2, 0) is 0 Å². The van der Waals surface area contributed by atoms with E-state index >= 15 is 0 Å². The molecule has 3 rings (SSSR count). The monoisotopic (exact) mass is 223 g/mol. The van der Waals surface area contributed by atoms with Crippen molar-refractivity contribution in [2.75, 3.05) is 13.1 Å². The maximum absolute atomic E-state index is 13.2. The third-order valence-electron chi connectivity index (χ3n) is 4.71. The van der Waals surface area contributed by atoms with Gasteiger partial charge in [0.25, 0.3) is 5.92 Å². The van der Waals surface area contributed by atoms with Crippen molar-refractivity contribution < 1.29 is 8.78 Å². The topological polar surface area (TPSA) is 12.0 Å². The Morgan fingerprint density at radius 2 is 1.50 bits per heavy atom. The molecule has 82 valence electrons. The van der Waals surface area contributed by atoms with Crippen LogP contribution in [0, 0.1) is 10.8 Å². The second kappa shape index (κ2) is 2.82. The first kappa shape index (κ1) is 10.6. The SMILES string of the molecule is Cl.FC1(F)CC12CCC21CCNCC1. The van der Waals surface area contributed by atoms with Crippen LogP contribution < -0.4 is 5.32 Å². The van der Waals surface area contributed by atoms with Crippen molar-refractivity contribution in [1.29, 1.82) is 0 Å². The van der Waals surface area contributed by atoms with Crippen molar-refractivity contribution in [2.45, 2.75) is 38.0 Å². The molecule has 4 heteroatoms. The summed E-state index contributed by atoms with van der Waals surface area (Å²) in [6.07, 6.45) is 3.95. The van der Waals surface area contributed by atoms with Gasteiger partial charge in [0.05, 0.1) is 0 Å². The summed E-state index contributed by atoms with van der Waals surface area (Å²) in [7, 11) is 0. The Morgan fingerprint density at radius 1 is 0.929 bits per heavy atom. The largest absolute Gasteiger partial charge is 0.317 e. The minimum absolute atomic E-state index is 0. The Labute approximate surface area is 89.0 Å². The van der Waals surface area contributed by atoms with Crippen LogP contribution in [0.1, 0.15) is 32.1 Å². The number of alkyl halides is 2. The highest BCUT2D eigenvalue weighted by Gasteiger charge is 2.82. The number of rotatable bonds is 0. The summed E-state index contributed by atoms with van der Waals surface area (Å²) in [6.45, 7) is 1.88. The van der Waals surface area contributed by atoms with E-state index in [1.165, 1.54) is 0 Å². The number of fused-ring (bicyclic) bond motifs is 1. The van der Waals surface area contributed by atoms with Gasteiger partial charge in [-0.15, -0.1) is 12.4 Å². The minimum Gasteiger partial charge on any atom is -0.317 e. The van der Waals surface area contributed by atoms with Gasteiger partial charge in [0.15, 0.2) is 0 Å². The van der Waals surface area contributed by atoms with Crippen LogP contribution in [0.5, 0.6) is 0 Å². The zero-order chi connectivity index (χ0) is 9.16. The molecule has 3 aliphatic rings. The fraction of sp³-hybridized carbons (Fsp3) is 1.00. The maximum Gasteiger partial charge on any atom is 0.255 e. The van der Waals surface area contributed by atoms with Gasteiger partial charge in [0.2, 0.25) is 0 Å². The average molecular weight is 224 g/mol. The van der Waals surface area contributed by atoms with Crippen molar-refractivity contribution >= 4 is 12.4 Å². The van der Waals surface area contributed by atoms with Crippen LogP contribution in [0.4, 0.5) is 8.78 Å². The van der Waals surface area contributed by atoms with E-state index < -0.39 is 11.3 Å². The highest BCUT2D eigenvalue weighted by atomic mass is 35.5. The van der Waals surface area contributed by atoms with Gasteiger partial charge in [-0.3, -0.25) is 0 Å². The van der Waals surface area contributed by atoms with Crippen molar-refractivity contribution in [3.05, 3.63) is 0 Å². The number of hydrogen-bond donors (Lipinski definition) is 1. The van der Waals surface area contributed by atoms with Crippen molar-refractivity contribution in [3.63, 3.8) is 0 Å². The van der Waals surface area contributed by atoms with Crippen LogP contribution in [0.25, 0.3) is 0 Å². The minimum atomic E-state index is -2.32. The van der Waals surface area contributed by atoms with E-state index in [1.807, 2.05) is 0 Å². The standard InChI is InChI=1S/C10H15F2N.ClH/c11-10(12)7-9(10)2-1-8(9)3-5-13-6-4-8;/h13H,1-7H2;1H. The van der Waals surface area contributed by atoms with E-state index in [0.717, 1.165) is 38.8 Å². The average Bonchev–Trinajstić information content (AvgIpc) is 2.73. The van der Waals surface area contributed by atoms with E-state index in [0.29, 0.717) is 0 Å². The molecule has 14 heavy (non-hydrogen) atoms. The highest BCUT2D eigenvalue weighted by Crippen LogP contribution is 2.81. The number of nitrogens with one attached hydrogen (secondary N) is 1. The molecule has 0 aromatic rings. The predicted octanol–water partition coefficient (Wildman–Crippen LogP) is 2.60. The lowest BCUT2D eigenvalue weighted by Crippen LogP contribution is -2.51. The van der Waals surface area contributed by atoms with Gasteiger partial charge >= 0.3 is 0 Å². The molecule has 1 heterocycles. The molecule has 3 fully saturated rings. The quantitative estimate of drug-likeness (QED) is 0.666. The first-order valence-corrected chi connectivity index (χ1v) is 5.21. The van der Waals surface area contributed by atoms with Gasteiger partial charge in [-0.05, 0) is 44.2 Å². The van der Waals surface area contributed by atoms with Crippen molar-refractivity contribution in [1.82, 2.24) is 5.32 Å². The van der Waals surface area contributed by atoms with Gasteiger partial charge in [0, 0.05) is 11.8 Å². The Balaban J connectivity index is 0.000000750. The van der Waals surface area contributed by atoms with Crippen LogP contribution in [-0.4, -0.2) is 19.0 Å². The van der Waals surface area contributed by atoms with E-state index in [4.69, 9.17) is 0 Å². The number of piperidine rings is 1. The molecule has 0 aromatic carbocycles. The maximum atomic E-state index is 13.2. The Hall–Kier alpha value is 0.110. The third-order valence-corrected chi connectivity index (χ3v) is 4.71. The predicted molar refractivity (Wildman–Crippen MR) is 53.0 cm³/mol. The van der Waals surface area contributed by atoms with E-state index in [-0.39, 0.29) is 24.2 Å². The summed E-state index contributed by atoms with van der Waals surface area (Å²) in [4.78, 5) is 0. The molecule has 2 aliphatic carbocycles. The lowest BCUT2D eigenvalue weighted by Gasteiger charge is -2.53. The molecular formula is C10H16ClF2N. The van der Waals surface area contributed by atoms with Crippen LogP contribution in [0.3, 0.4) is 0 Å². The molecule has 0 radical (unpaired) electrons. The molecule has 0 aromatic heterocycles. The molecule has 1 nitrogen and oxygen atoms in total. The number of hydrogen-bond acceptors (Lipinski definition) is 1. The van der Waals surface area contributed by atoms with Gasteiger partial charge in [-0.2, -0.15) is 0 Å². The van der Waals surface area contributed by atoms with E-state index in [1.54, 1.807) is 0 Å². The Morgan fingerprint density at radius 3 is 1.86 bits per heavy atom. The highest BCUT2D eigenvalue weighted by molar-refractivity contribution is 5.85. The molecule has 2 saturated carbocycles. The van der Waals surface area contributed by atoms with Crippen LogP contribution in [0.2, 0.25) is 0 Å². The van der Waals surface area contributed by atoms with Crippen LogP contribution >= 0.6 is 12.4 Å². The van der Waals surface area contributed by atoms with Crippen molar-refractivity contribution in [2.24, 2.45) is 10.8 Å². The van der Waals surface area contributed by atoms with Crippen molar-refractivity contribution in [3.8, 4) is 0 Å². The van der Waals surface area contributed by atoms with Gasteiger partial charge < -0.3 is 5.32 Å². The zero-order valence-corrected chi connectivity index (χ0v) is 8.93. The second-order valence-electron chi connectivity index (χ2n) is 4.99. The first-order valence-electron chi connectivity index (χ1n) is 5.21. The fourth-order valence-corrected chi connectivity index (χ4v) is 3.60. The summed E-state index contributed by atoms with van der Waals surface area (Å²) in [6, 6.07) is 0. The second-order valence-corrected chi connectivity index (χ2v) is 4.99. The molecule has 2 spiro atoms. The van der Waals surface area contributed by atoms with Crippen LogP contribution in [0.15, 0.2) is 0 Å². The lowest BCUT2D eigenvalue weighted by atomic mass is 9.53. The normalized spacial score (nSPS) is 41.6. The molecule has 1 unspecified atom stereocenters. The van der Waals surface area contributed by atoms with Gasteiger partial charge in [-0.25, -0.2) is 8.78 Å². The summed E-state index contributed by atoms with van der Waals surface area (Å²) < 4.78 is 26.5. The molecule has 1 N–H and O–H groups in total. The van der Waals surface area contributed by atoms with E-state index in [2.05, 4.69) is 5.32 Å². The number of halogens is 3. The molecule has 1 atom stereocenters. The molecule has 0 amide bonds. The molecule has 1 aliphatic heterocycles. The molecular weight excluding hydrogens is 208 g/mol. The van der Waals surface area contributed by atoms with E-state index in [9.17, 15) is 8.78 Å². The smallest absolute Gasteiger partial charge is 0.255 e. The summed E-state index contributed by atoms with van der Waals surface area (Å²) >= 11 is 0. The third kappa shape index (κ3) is 0.977. The first-order chi connectivity index (χ1) is 6.12. The fourth-order valence-electron chi connectivity index (χ4n) is 3.60. The summed E-state index contributed by atoms with van der Waals surface area (Å²) in [5.41, 5.74) is -0.510. The van der Waals surface area contributed by atoms with Gasteiger partial charge in [0.1, 0.15) is 0 Å². The lowest BCUT2D eigenvalue weighted by molar-refractivity contribution is -0.0986. The zero-order valence-electron chi connectivity index (χ0n) is 8.11. The molecule has 0 bridgehead atoms. The summed E-state index contributed by atoms with van der Waals surface area (Å²) in [5, 5.41) is 3.26. The van der Waals surface area contributed by atoms with Gasteiger partial charge in [-0.1, -0.05) is 0 Å². The Bertz CT molecular complexity index is 251. The Kier molecular flexibility index (Phi) is 2.14. The molecule has 1 saturated heterocycles.